The summed E-state index contributed by atoms with van der Waals surface area (Å²) in [6.07, 6.45) is 8.29. The number of halogens is 2. The second-order valence-corrected chi connectivity index (χ2v) is 11.0. The van der Waals surface area contributed by atoms with E-state index in [9.17, 15) is 18.4 Å². The number of aromatic amines is 1. The Hall–Kier alpha value is -3.52. The minimum atomic E-state index is -0.349. The lowest BCUT2D eigenvalue weighted by atomic mass is 9.90. The number of aromatic nitrogens is 3. The number of fused-ring (bicyclic) bond motifs is 2. The van der Waals surface area contributed by atoms with E-state index in [2.05, 4.69) is 9.88 Å². The number of likely N-dealkylation sites (tertiary alicyclic amines) is 1. The topological polar surface area (TPSA) is 63.0 Å². The summed E-state index contributed by atoms with van der Waals surface area (Å²) < 4.78 is 30.6. The number of nitrogens with zero attached hydrogens (tertiary/aromatic N) is 3. The Kier molecular flexibility index (Phi) is 7.21. The van der Waals surface area contributed by atoms with Crippen LogP contribution in [0, 0.1) is 11.6 Å². The zero-order chi connectivity index (χ0) is 26.9. The van der Waals surface area contributed by atoms with Crippen LogP contribution in [0.2, 0.25) is 0 Å². The van der Waals surface area contributed by atoms with Gasteiger partial charge in [0.15, 0.2) is 0 Å². The average molecular weight is 533 g/mol. The fourth-order valence-corrected chi connectivity index (χ4v) is 6.47. The van der Waals surface area contributed by atoms with Gasteiger partial charge in [0.1, 0.15) is 11.6 Å². The summed E-state index contributed by atoms with van der Waals surface area (Å²) in [5, 5.41) is 0.964. The zero-order valence-electron chi connectivity index (χ0n) is 22.1. The third-order valence-corrected chi connectivity index (χ3v) is 8.44. The van der Waals surface area contributed by atoms with Gasteiger partial charge in [-0.1, -0.05) is 12.1 Å². The zero-order valence-corrected chi connectivity index (χ0v) is 22.1. The molecule has 2 aromatic carbocycles. The number of benzene rings is 2. The van der Waals surface area contributed by atoms with Gasteiger partial charge >= 0.3 is 5.69 Å². The molecule has 39 heavy (non-hydrogen) atoms. The van der Waals surface area contributed by atoms with Crippen LogP contribution in [0.1, 0.15) is 55.7 Å². The van der Waals surface area contributed by atoms with Crippen LogP contribution in [-0.4, -0.2) is 38.7 Å². The number of hydrogen-bond acceptors (Lipinski definition) is 3. The first-order valence-electron chi connectivity index (χ1n) is 14.1. The minimum Gasteiger partial charge on any atom is -0.361 e. The summed E-state index contributed by atoms with van der Waals surface area (Å²) in [5.74, 6) is -0.217. The molecule has 1 atom stereocenters. The fourth-order valence-electron chi connectivity index (χ4n) is 6.47. The number of unbranched alkanes of at least 4 members (excludes halogenated alkanes) is 1. The van der Waals surface area contributed by atoms with Gasteiger partial charge < -0.3 is 9.88 Å². The van der Waals surface area contributed by atoms with Crippen molar-refractivity contribution in [2.75, 3.05) is 19.6 Å². The van der Waals surface area contributed by atoms with Crippen molar-refractivity contribution in [1.82, 2.24) is 19.0 Å². The number of nitrogens with one attached hydrogen (secondary N) is 1. The summed E-state index contributed by atoms with van der Waals surface area (Å²) >= 11 is 0. The number of piperidine rings is 1. The molecule has 0 radical (unpaired) electrons. The summed E-state index contributed by atoms with van der Waals surface area (Å²) in [5.41, 5.74) is 3.60. The molecule has 6 rings (SSSR count). The van der Waals surface area contributed by atoms with Crippen molar-refractivity contribution in [3.8, 4) is 11.1 Å². The number of rotatable bonds is 7. The minimum absolute atomic E-state index is 0.216. The predicted molar refractivity (Wildman–Crippen MR) is 149 cm³/mol. The Morgan fingerprint density at radius 3 is 2.54 bits per heavy atom. The average Bonchev–Trinajstić information content (AvgIpc) is 3.37. The highest BCUT2D eigenvalue weighted by molar-refractivity contribution is 5.83. The van der Waals surface area contributed by atoms with Gasteiger partial charge in [0.25, 0.3) is 5.56 Å². The molecule has 0 spiro atoms. The van der Waals surface area contributed by atoms with E-state index in [0.29, 0.717) is 36.6 Å². The molecule has 1 unspecified atom stereocenters. The van der Waals surface area contributed by atoms with E-state index < -0.39 is 0 Å². The smallest absolute Gasteiger partial charge is 0.331 e. The molecule has 2 aromatic heterocycles. The van der Waals surface area contributed by atoms with Gasteiger partial charge in [-0.15, -0.1) is 0 Å². The second kappa shape index (κ2) is 10.9. The first kappa shape index (κ1) is 25.7. The van der Waals surface area contributed by atoms with Crippen LogP contribution in [-0.2, 0) is 19.5 Å². The molecule has 1 fully saturated rings. The van der Waals surface area contributed by atoms with Gasteiger partial charge in [-0.05, 0) is 105 Å². The van der Waals surface area contributed by atoms with Gasteiger partial charge in [-0.2, -0.15) is 0 Å². The van der Waals surface area contributed by atoms with Crippen molar-refractivity contribution < 1.29 is 8.78 Å². The van der Waals surface area contributed by atoms with Crippen molar-refractivity contribution >= 4 is 10.9 Å². The van der Waals surface area contributed by atoms with Crippen LogP contribution >= 0.6 is 0 Å². The molecule has 204 valence electrons. The Morgan fingerprint density at radius 1 is 0.897 bits per heavy atom. The highest BCUT2D eigenvalue weighted by atomic mass is 19.1. The maximum Gasteiger partial charge on any atom is 0.331 e. The first-order chi connectivity index (χ1) is 19.0. The SMILES string of the molecule is O=c1c(-c2ccc(F)cc2)c2n(c(=O)n1CCCCN1CCCC(c3c[nH]c4ccc(F)cc34)C1)CCCC2. The van der Waals surface area contributed by atoms with Gasteiger partial charge in [0.2, 0.25) is 0 Å². The molecule has 8 heteroatoms. The van der Waals surface area contributed by atoms with Gasteiger partial charge in [-0.3, -0.25) is 13.9 Å². The van der Waals surface area contributed by atoms with Crippen LogP contribution in [0.15, 0.2) is 58.3 Å². The highest BCUT2D eigenvalue weighted by Gasteiger charge is 2.25. The van der Waals surface area contributed by atoms with E-state index in [4.69, 9.17) is 0 Å². The predicted octanol–water partition coefficient (Wildman–Crippen LogP) is 5.43. The lowest BCUT2D eigenvalue weighted by molar-refractivity contribution is 0.204. The summed E-state index contributed by atoms with van der Waals surface area (Å²) in [6.45, 7) is 3.79. The van der Waals surface area contributed by atoms with E-state index in [1.807, 2.05) is 6.20 Å². The molecule has 0 saturated carbocycles. The van der Waals surface area contributed by atoms with E-state index in [-0.39, 0.29) is 22.9 Å². The molecule has 0 bridgehead atoms. The fraction of sp³-hybridized carbons (Fsp3) is 0.419. The second-order valence-electron chi connectivity index (χ2n) is 11.0. The molecular formula is C31H34F2N4O2. The Bertz CT molecular complexity index is 1600. The lowest BCUT2D eigenvalue weighted by Gasteiger charge is -2.32. The third-order valence-electron chi connectivity index (χ3n) is 8.44. The molecular weight excluding hydrogens is 498 g/mol. The van der Waals surface area contributed by atoms with Crippen molar-refractivity contribution in [1.29, 1.82) is 0 Å². The Balaban J connectivity index is 1.15. The molecule has 0 amide bonds. The third kappa shape index (κ3) is 5.10. The molecule has 0 aliphatic carbocycles. The standard InChI is InChI=1S/C31H34F2N4O2/c32-23-10-8-21(9-11-23)29-28-7-1-2-16-36(28)31(39)37(30(29)38)17-4-3-14-35-15-5-6-22(20-35)26-19-34-27-13-12-24(33)18-25(26)27/h8-13,18-19,22,34H,1-7,14-17,20H2. The molecule has 1 saturated heterocycles. The van der Waals surface area contributed by atoms with Crippen molar-refractivity contribution in [3.05, 3.63) is 92.4 Å². The molecule has 2 aliphatic rings. The van der Waals surface area contributed by atoms with Crippen LogP contribution in [0.4, 0.5) is 8.78 Å². The van der Waals surface area contributed by atoms with E-state index >= 15 is 0 Å². The monoisotopic (exact) mass is 532 g/mol. The normalized spacial score (nSPS) is 17.9. The van der Waals surface area contributed by atoms with Gasteiger partial charge in [0, 0.05) is 42.4 Å². The molecule has 4 heterocycles. The van der Waals surface area contributed by atoms with Gasteiger partial charge in [-0.25, -0.2) is 13.6 Å². The first-order valence-corrected chi connectivity index (χ1v) is 14.1. The van der Waals surface area contributed by atoms with E-state index in [0.717, 1.165) is 74.8 Å². The molecule has 6 nitrogen and oxygen atoms in total. The lowest BCUT2D eigenvalue weighted by Crippen LogP contribution is -2.44. The molecule has 4 aromatic rings. The van der Waals surface area contributed by atoms with E-state index in [1.54, 1.807) is 28.8 Å². The van der Waals surface area contributed by atoms with Crippen LogP contribution in [0.3, 0.4) is 0 Å². The highest BCUT2D eigenvalue weighted by Crippen LogP contribution is 2.32. The molecule has 2 aliphatic heterocycles. The number of hydrogen-bond donors (Lipinski definition) is 1. The van der Waals surface area contributed by atoms with Crippen LogP contribution in [0.5, 0.6) is 0 Å². The van der Waals surface area contributed by atoms with Crippen molar-refractivity contribution in [2.24, 2.45) is 0 Å². The van der Waals surface area contributed by atoms with Crippen molar-refractivity contribution in [2.45, 2.75) is 64.0 Å². The Labute approximate surface area is 225 Å². The van der Waals surface area contributed by atoms with Gasteiger partial charge in [0.05, 0.1) is 5.56 Å². The summed E-state index contributed by atoms with van der Waals surface area (Å²) in [7, 11) is 0. The summed E-state index contributed by atoms with van der Waals surface area (Å²) in [6, 6.07) is 10.9. The number of H-pyrrole nitrogens is 1. The largest absolute Gasteiger partial charge is 0.361 e. The maximum atomic E-state index is 13.9. The Morgan fingerprint density at radius 2 is 1.69 bits per heavy atom. The van der Waals surface area contributed by atoms with Crippen LogP contribution < -0.4 is 11.2 Å². The van der Waals surface area contributed by atoms with Crippen LogP contribution in [0.25, 0.3) is 22.0 Å². The quantitative estimate of drug-likeness (QED) is 0.323. The molecule has 1 N–H and O–H groups in total. The van der Waals surface area contributed by atoms with Crippen molar-refractivity contribution in [3.63, 3.8) is 0 Å². The maximum absolute atomic E-state index is 13.9. The summed E-state index contributed by atoms with van der Waals surface area (Å²) in [4.78, 5) is 32.6. The van der Waals surface area contributed by atoms with E-state index in [1.165, 1.54) is 28.3 Å².